The van der Waals surface area contributed by atoms with Crippen molar-refractivity contribution in [3.05, 3.63) is 350 Å². The van der Waals surface area contributed by atoms with Gasteiger partial charge in [0.2, 0.25) is 0 Å². The summed E-state index contributed by atoms with van der Waals surface area (Å²) in [7, 11) is 0. The highest BCUT2D eigenvalue weighted by molar-refractivity contribution is 6.03. The highest BCUT2D eigenvalue weighted by Gasteiger charge is 2.37. The molecule has 2 aromatic heterocycles. The van der Waals surface area contributed by atoms with Crippen molar-refractivity contribution in [1.29, 1.82) is 0 Å². The molecule has 92 heavy (non-hydrogen) atoms. The van der Waals surface area contributed by atoms with Crippen molar-refractivity contribution < 1.29 is 0 Å². The van der Waals surface area contributed by atoms with Gasteiger partial charge in [-0.3, -0.25) is 0 Å². The number of benzene rings is 13. The molecule has 2 heterocycles. The summed E-state index contributed by atoms with van der Waals surface area (Å²) in [5.74, 6) is 0. The smallest absolute Gasteiger partial charge is 0.0542 e. The minimum atomic E-state index is -0.137. The highest BCUT2D eigenvalue weighted by Crippen LogP contribution is 2.53. The van der Waals surface area contributed by atoms with Gasteiger partial charge in [0.05, 0.1) is 22.4 Å². The summed E-state index contributed by atoms with van der Waals surface area (Å²) in [6.45, 7) is 9.44. The van der Waals surface area contributed by atoms with Gasteiger partial charge in [0.25, 0.3) is 0 Å². The Morgan fingerprint density at radius 3 is 0.946 bits per heavy atom. The number of aromatic nitrogens is 2. The molecule has 2 aliphatic rings. The maximum absolute atomic E-state index is 2.48. The van der Waals surface area contributed by atoms with Crippen LogP contribution in [0.15, 0.2) is 328 Å². The number of fused-ring (bicyclic) bond motifs is 8. The van der Waals surface area contributed by atoms with Crippen LogP contribution in [0.25, 0.3) is 100 Å². The van der Waals surface area contributed by atoms with Crippen LogP contribution in [0.5, 0.6) is 0 Å². The molecule has 0 unspecified atom stereocenters. The zero-order valence-corrected chi connectivity index (χ0v) is 52.0. The van der Waals surface area contributed by atoms with E-state index in [0.717, 1.165) is 89.8 Å². The Balaban J connectivity index is 0.828. The highest BCUT2D eigenvalue weighted by atomic mass is 15.2. The summed E-state index contributed by atoms with van der Waals surface area (Å²) in [5, 5.41) is 2.29. The molecule has 438 valence electrons. The van der Waals surface area contributed by atoms with E-state index in [1.54, 1.807) is 0 Å². The fraction of sp³-hybridized carbons (Fsp3) is 0.0682. The lowest BCUT2D eigenvalue weighted by molar-refractivity contribution is 0.660. The molecule has 0 atom stereocenters. The Labute approximate surface area is 538 Å². The molecule has 0 bridgehead atoms. The molecule has 15 aromatic rings. The van der Waals surface area contributed by atoms with Gasteiger partial charge in [-0.2, -0.15) is 0 Å². The van der Waals surface area contributed by atoms with Crippen LogP contribution in [0.4, 0.5) is 34.1 Å². The van der Waals surface area contributed by atoms with Gasteiger partial charge in [-0.15, -0.1) is 0 Å². The molecule has 0 spiro atoms. The van der Waals surface area contributed by atoms with E-state index in [1.807, 2.05) is 0 Å². The Bertz CT molecular complexity index is 4970. The first kappa shape index (κ1) is 54.7. The van der Waals surface area contributed by atoms with E-state index >= 15 is 0 Å². The third kappa shape index (κ3) is 9.04. The summed E-state index contributed by atoms with van der Waals surface area (Å²) >= 11 is 0. The van der Waals surface area contributed by atoms with Crippen molar-refractivity contribution in [2.45, 2.75) is 38.5 Å². The third-order valence-corrected chi connectivity index (χ3v) is 19.7. The number of nitrogens with zero attached hydrogens (tertiary/aromatic N) is 4. The van der Waals surface area contributed by atoms with E-state index in [0.29, 0.717) is 0 Å². The standard InChI is InChI=1S/C88H66N4/c1-87(2)79-37-19-17-35-75(79)77-49-47-73(57-81(77)87)89(67-31-13-7-14-32-67)69-39-43-71(44-40-69)91-83(63-29-21-27-61(51-63)59-23-9-5-10-24-59)53-65-56-86-66(55-85(65)91)54-84(64-30-22-28-62(52-64)60-25-11-6-12-26-60)92(86)72-45-41-70(42-46-72)90(68-33-15-8-16-34-68)74-48-50-78-76-36-18-20-38-80(76)88(3,4)82(78)58-74/h5-58H,1-4H3. The van der Waals surface area contributed by atoms with Crippen molar-refractivity contribution >= 4 is 55.9 Å². The minimum absolute atomic E-state index is 0.137. The van der Waals surface area contributed by atoms with Gasteiger partial charge >= 0.3 is 0 Å². The quantitative estimate of drug-likeness (QED) is 0.121. The van der Waals surface area contributed by atoms with Gasteiger partial charge in [-0.05, 0) is 211 Å². The van der Waals surface area contributed by atoms with E-state index in [-0.39, 0.29) is 10.8 Å². The largest absolute Gasteiger partial charge is 0.310 e. The van der Waals surface area contributed by atoms with E-state index in [1.165, 1.54) is 66.8 Å². The minimum Gasteiger partial charge on any atom is -0.310 e. The van der Waals surface area contributed by atoms with Crippen molar-refractivity contribution in [1.82, 2.24) is 9.13 Å². The van der Waals surface area contributed by atoms with Crippen LogP contribution in [-0.2, 0) is 10.8 Å². The molecule has 0 amide bonds. The molecule has 0 aliphatic heterocycles. The number of hydrogen-bond donors (Lipinski definition) is 0. The first-order valence-corrected chi connectivity index (χ1v) is 32.1. The fourth-order valence-corrected chi connectivity index (χ4v) is 15.1. The summed E-state index contributed by atoms with van der Waals surface area (Å²) in [5.41, 5.74) is 30.7. The zero-order valence-electron chi connectivity index (χ0n) is 52.0. The molecule has 17 rings (SSSR count). The molecule has 4 heteroatoms. The van der Waals surface area contributed by atoms with Gasteiger partial charge in [0.15, 0.2) is 0 Å². The van der Waals surface area contributed by atoms with E-state index in [9.17, 15) is 0 Å². The van der Waals surface area contributed by atoms with Gasteiger partial charge in [0, 0.05) is 67.1 Å². The lowest BCUT2D eigenvalue weighted by Crippen LogP contribution is -2.16. The van der Waals surface area contributed by atoms with Gasteiger partial charge in [-0.25, -0.2) is 0 Å². The van der Waals surface area contributed by atoms with Gasteiger partial charge in [-0.1, -0.05) is 222 Å². The lowest BCUT2D eigenvalue weighted by atomic mass is 9.82. The SMILES string of the molecule is CC1(C)c2ccccc2-c2ccc(N(c3ccccc3)c3ccc(-n4c(-c5cccc(-c6ccccc6)c5)cc5cc6c(cc(-c7cccc(-c8ccccc8)c7)n6-c6ccc(N(c7ccccc7)c7ccc8c(c7)C(C)(C)c7ccccc7-8)cc6)cc54)cc3)cc21. The van der Waals surface area contributed by atoms with Crippen molar-refractivity contribution in [3.63, 3.8) is 0 Å². The van der Waals surface area contributed by atoms with Crippen LogP contribution < -0.4 is 9.80 Å². The second-order valence-electron chi connectivity index (χ2n) is 25.8. The number of rotatable bonds is 12. The van der Waals surface area contributed by atoms with Crippen LogP contribution >= 0.6 is 0 Å². The predicted octanol–water partition coefficient (Wildman–Crippen LogP) is 23.8. The van der Waals surface area contributed by atoms with Gasteiger partial charge < -0.3 is 18.9 Å². The maximum Gasteiger partial charge on any atom is 0.0542 e. The third-order valence-electron chi connectivity index (χ3n) is 19.7. The van der Waals surface area contributed by atoms with Crippen LogP contribution in [-0.4, -0.2) is 9.13 Å². The summed E-state index contributed by atoms with van der Waals surface area (Å²) in [6, 6.07) is 121. The molecule has 0 fully saturated rings. The normalized spacial score (nSPS) is 13.2. The van der Waals surface area contributed by atoms with Crippen LogP contribution in [0.1, 0.15) is 49.9 Å². The number of para-hydroxylation sites is 2. The first-order chi connectivity index (χ1) is 45.1. The second-order valence-corrected chi connectivity index (χ2v) is 25.8. The van der Waals surface area contributed by atoms with Gasteiger partial charge in [0.1, 0.15) is 0 Å². The Hall–Kier alpha value is -11.5. The van der Waals surface area contributed by atoms with Crippen LogP contribution in [0.2, 0.25) is 0 Å². The average Bonchev–Trinajstić information content (AvgIpc) is 1.60. The van der Waals surface area contributed by atoms with Crippen LogP contribution in [0.3, 0.4) is 0 Å². The second kappa shape index (κ2) is 21.7. The lowest BCUT2D eigenvalue weighted by Gasteiger charge is -2.28. The molecule has 0 saturated heterocycles. The summed E-state index contributed by atoms with van der Waals surface area (Å²) < 4.78 is 4.95. The molecule has 4 nitrogen and oxygen atoms in total. The zero-order chi connectivity index (χ0) is 61.7. The molecule has 0 N–H and O–H groups in total. The summed E-state index contributed by atoms with van der Waals surface area (Å²) in [4.78, 5) is 4.81. The molecular weight excluding hydrogens is 1110 g/mol. The number of anilines is 6. The molecule has 13 aromatic carbocycles. The monoisotopic (exact) mass is 1180 g/mol. The van der Waals surface area contributed by atoms with E-state index in [2.05, 4.69) is 374 Å². The average molecular weight is 1180 g/mol. The molecule has 2 aliphatic carbocycles. The molecular formula is C88H66N4. The van der Waals surface area contributed by atoms with E-state index < -0.39 is 0 Å². The Morgan fingerprint density at radius 2 is 0.543 bits per heavy atom. The first-order valence-electron chi connectivity index (χ1n) is 32.1. The molecule has 0 radical (unpaired) electrons. The van der Waals surface area contributed by atoms with Crippen molar-refractivity contribution in [3.8, 4) is 78.4 Å². The maximum atomic E-state index is 2.48. The Morgan fingerprint density at radius 1 is 0.228 bits per heavy atom. The summed E-state index contributed by atoms with van der Waals surface area (Å²) in [6.07, 6.45) is 0. The van der Waals surface area contributed by atoms with Crippen molar-refractivity contribution in [2.75, 3.05) is 9.80 Å². The predicted molar refractivity (Wildman–Crippen MR) is 386 cm³/mol. The topological polar surface area (TPSA) is 16.3 Å². The molecule has 0 saturated carbocycles. The Kier molecular flexibility index (Phi) is 12.9. The fourth-order valence-electron chi connectivity index (χ4n) is 15.1. The number of hydrogen-bond acceptors (Lipinski definition) is 2. The van der Waals surface area contributed by atoms with Crippen LogP contribution in [0, 0.1) is 0 Å². The van der Waals surface area contributed by atoms with Crippen molar-refractivity contribution in [2.24, 2.45) is 0 Å². The van der Waals surface area contributed by atoms with E-state index in [4.69, 9.17) is 0 Å².